The maximum Gasteiger partial charge on any atom is 0.255 e. The van der Waals surface area contributed by atoms with Crippen LogP contribution >= 0.6 is 0 Å². The molecule has 0 bridgehead atoms. The highest BCUT2D eigenvalue weighted by atomic mass is 32.2. The highest BCUT2D eigenvalue weighted by molar-refractivity contribution is 7.91. The van der Waals surface area contributed by atoms with Crippen molar-refractivity contribution in [2.45, 2.75) is 25.7 Å². The van der Waals surface area contributed by atoms with Crippen LogP contribution in [0, 0.1) is 13.8 Å². The SMILES string of the molecule is CCS(=O)(=O)c1cccc(NC(=O)c2ccc(-n3c(C)ccc3C)cc2)c1. The topological polar surface area (TPSA) is 68.2 Å². The number of hydrogen-bond acceptors (Lipinski definition) is 3. The van der Waals surface area contributed by atoms with E-state index in [2.05, 4.69) is 9.88 Å². The van der Waals surface area contributed by atoms with E-state index in [1.807, 2.05) is 38.1 Å². The first-order valence-corrected chi connectivity index (χ1v) is 10.4. The molecule has 5 nitrogen and oxygen atoms in total. The first-order chi connectivity index (χ1) is 12.8. The number of amides is 1. The highest BCUT2D eigenvalue weighted by Gasteiger charge is 2.13. The van der Waals surface area contributed by atoms with Gasteiger partial charge in [-0.25, -0.2) is 8.42 Å². The number of rotatable bonds is 5. The number of benzene rings is 2. The number of aromatic nitrogens is 1. The number of nitrogens with zero attached hydrogens (tertiary/aromatic N) is 1. The molecule has 1 N–H and O–H groups in total. The van der Waals surface area contributed by atoms with Crippen LogP contribution in [-0.4, -0.2) is 24.6 Å². The summed E-state index contributed by atoms with van der Waals surface area (Å²) in [5.41, 5.74) is 4.19. The van der Waals surface area contributed by atoms with Gasteiger partial charge in [0.1, 0.15) is 0 Å². The number of carbonyl (C=O) groups is 1. The summed E-state index contributed by atoms with van der Waals surface area (Å²) >= 11 is 0. The van der Waals surface area contributed by atoms with Gasteiger partial charge in [-0.3, -0.25) is 4.79 Å². The van der Waals surface area contributed by atoms with Gasteiger partial charge in [0.25, 0.3) is 5.91 Å². The van der Waals surface area contributed by atoms with Crippen LogP contribution in [-0.2, 0) is 9.84 Å². The van der Waals surface area contributed by atoms with Gasteiger partial charge in [0.05, 0.1) is 10.6 Å². The Morgan fingerprint density at radius 2 is 1.59 bits per heavy atom. The summed E-state index contributed by atoms with van der Waals surface area (Å²) in [5, 5.41) is 2.76. The molecular formula is C21H22N2O3S. The molecule has 0 aliphatic rings. The van der Waals surface area contributed by atoms with Crippen molar-refractivity contribution in [3.05, 3.63) is 77.6 Å². The largest absolute Gasteiger partial charge is 0.322 e. The third-order valence-corrected chi connectivity index (χ3v) is 6.22. The summed E-state index contributed by atoms with van der Waals surface area (Å²) < 4.78 is 26.1. The Balaban J connectivity index is 1.80. The van der Waals surface area contributed by atoms with E-state index >= 15 is 0 Å². The summed E-state index contributed by atoms with van der Waals surface area (Å²) in [4.78, 5) is 12.7. The minimum Gasteiger partial charge on any atom is -0.322 e. The number of hydrogen-bond donors (Lipinski definition) is 1. The van der Waals surface area contributed by atoms with Crippen LogP contribution in [0.3, 0.4) is 0 Å². The van der Waals surface area contributed by atoms with E-state index in [4.69, 9.17) is 0 Å². The third-order valence-electron chi connectivity index (χ3n) is 4.49. The summed E-state index contributed by atoms with van der Waals surface area (Å²) in [5.74, 6) is -0.266. The molecule has 140 valence electrons. The molecule has 0 atom stereocenters. The van der Waals surface area contributed by atoms with E-state index in [9.17, 15) is 13.2 Å². The fraction of sp³-hybridized carbons (Fsp3) is 0.190. The van der Waals surface area contributed by atoms with Gasteiger partial charge in [-0.1, -0.05) is 13.0 Å². The lowest BCUT2D eigenvalue weighted by Crippen LogP contribution is -2.13. The minimum absolute atomic E-state index is 0.0179. The zero-order valence-electron chi connectivity index (χ0n) is 15.6. The zero-order chi connectivity index (χ0) is 19.6. The lowest BCUT2D eigenvalue weighted by Gasteiger charge is -2.11. The Bertz CT molecular complexity index is 1060. The summed E-state index contributed by atoms with van der Waals surface area (Å²) in [6.07, 6.45) is 0. The van der Waals surface area contributed by atoms with E-state index < -0.39 is 9.84 Å². The molecule has 0 unspecified atom stereocenters. The zero-order valence-corrected chi connectivity index (χ0v) is 16.4. The average Bonchev–Trinajstić information content (AvgIpc) is 3.00. The maximum absolute atomic E-state index is 12.5. The summed E-state index contributed by atoms with van der Waals surface area (Å²) in [6, 6.07) is 17.7. The van der Waals surface area contributed by atoms with E-state index in [1.54, 1.807) is 31.2 Å². The van der Waals surface area contributed by atoms with Gasteiger partial charge in [-0.15, -0.1) is 0 Å². The number of anilines is 1. The number of nitrogens with one attached hydrogen (secondary N) is 1. The van der Waals surface area contributed by atoms with Crippen LogP contribution in [0.25, 0.3) is 5.69 Å². The van der Waals surface area contributed by atoms with Crippen LogP contribution in [0.5, 0.6) is 0 Å². The van der Waals surface area contributed by atoms with Crippen LogP contribution in [0.1, 0.15) is 28.7 Å². The van der Waals surface area contributed by atoms with E-state index in [-0.39, 0.29) is 16.6 Å². The molecule has 1 aromatic heterocycles. The molecule has 0 spiro atoms. The highest BCUT2D eigenvalue weighted by Crippen LogP contribution is 2.19. The van der Waals surface area contributed by atoms with Gasteiger partial charge in [-0.05, 0) is 68.4 Å². The molecule has 0 saturated heterocycles. The second-order valence-corrected chi connectivity index (χ2v) is 8.66. The van der Waals surface area contributed by atoms with E-state index in [0.29, 0.717) is 11.3 Å². The van der Waals surface area contributed by atoms with Crippen molar-refractivity contribution in [2.75, 3.05) is 11.1 Å². The van der Waals surface area contributed by atoms with E-state index in [1.165, 1.54) is 12.1 Å². The molecule has 0 aliphatic heterocycles. The molecule has 1 heterocycles. The molecule has 0 aliphatic carbocycles. The minimum atomic E-state index is -3.31. The van der Waals surface area contributed by atoms with Crippen molar-refractivity contribution >= 4 is 21.4 Å². The van der Waals surface area contributed by atoms with Gasteiger partial charge in [0.2, 0.25) is 0 Å². The molecule has 3 aromatic rings. The van der Waals surface area contributed by atoms with Gasteiger partial charge in [0.15, 0.2) is 9.84 Å². The molecular weight excluding hydrogens is 360 g/mol. The van der Waals surface area contributed by atoms with Crippen LogP contribution in [0.15, 0.2) is 65.6 Å². The monoisotopic (exact) mass is 382 g/mol. The quantitative estimate of drug-likeness (QED) is 0.721. The van der Waals surface area contributed by atoms with Crippen LogP contribution in [0.2, 0.25) is 0 Å². The maximum atomic E-state index is 12.5. The van der Waals surface area contributed by atoms with Gasteiger partial charge >= 0.3 is 0 Å². The normalized spacial score (nSPS) is 11.4. The smallest absolute Gasteiger partial charge is 0.255 e. The molecule has 0 radical (unpaired) electrons. The molecule has 0 saturated carbocycles. The van der Waals surface area contributed by atoms with Crippen molar-refractivity contribution in [1.29, 1.82) is 0 Å². The summed E-state index contributed by atoms with van der Waals surface area (Å²) in [6.45, 7) is 5.66. The third kappa shape index (κ3) is 3.95. The molecule has 27 heavy (non-hydrogen) atoms. The van der Waals surface area contributed by atoms with Crippen molar-refractivity contribution in [2.24, 2.45) is 0 Å². The van der Waals surface area contributed by atoms with Gasteiger partial charge in [-0.2, -0.15) is 0 Å². The molecule has 3 rings (SSSR count). The number of carbonyl (C=O) groups excluding carboxylic acids is 1. The average molecular weight is 382 g/mol. The lowest BCUT2D eigenvalue weighted by atomic mass is 10.2. The van der Waals surface area contributed by atoms with Crippen molar-refractivity contribution < 1.29 is 13.2 Å². The predicted octanol–water partition coefficient (Wildman–Crippen LogP) is 4.14. The molecule has 0 fully saturated rings. The van der Waals surface area contributed by atoms with Crippen molar-refractivity contribution in [3.8, 4) is 5.69 Å². The van der Waals surface area contributed by atoms with Crippen molar-refractivity contribution in [3.63, 3.8) is 0 Å². The Kier molecular flexibility index (Phi) is 5.19. The fourth-order valence-corrected chi connectivity index (χ4v) is 3.90. The standard InChI is InChI=1S/C21H22N2O3S/c1-4-27(25,26)20-7-5-6-18(14-20)22-21(24)17-10-12-19(13-11-17)23-15(2)8-9-16(23)3/h5-14H,4H2,1-3H3,(H,22,24). The Morgan fingerprint density at radius 3 is 2.19 bits per heavy atom. The lowest BCUT2D eigenvalue weighted by molar-refractivity contribution is 0.102. The summed E-state index contributed by atoms with van der Waals surface area (Å²) in [7, 11) is -3.31. The number of aryl methyl sites for hydroxylation is 2. The van der Waals surface area contributed by atoms with E-state index in [0.717, 1.165) is 17.1 Å². The predicted molar refractivity (Wildman–Crippen MR) is 107 cm³/mol. The Hall–Kier alpha value is -2.86. The molecule has 2 aromatic carbocycles. The molecule has 6 heteroatoms. The second-order valence-electron chi connectivity index (χ2n) is 6.38. The van der Waals surface area contributed by atoms with Crippen molar-refractivity contribution in [1.82, 2.24) is 4.57 Å². The van der Waals surface area contributed by atoms with Gasteiger partial charge in [0, 0.05) is 28.3 Å². The van der Waals surface area contributed by atoms with Crippen LogP contribution in [0.4, 0.5) is 5.69 Å². The Labute approximate surface area is 159 Å². The fourth-order valence-electron chi connectivity index (χ4n) is 2.97. The van der Waals surface area contributed by atoms with Crippen LogP contribution < -0.4 is 5.32 Å². The first kappa shape index (κ1) is 18.9. The first-order valence-electron chi connectivity index (χ1n) is 8.71. The number of sulfone groups is 1. The molecule has 1 amide bonds. The Morgan fingerprint density at radius 1 is 0.963 bits per heavy atom. The second kappa shape index (κ2) is 7.40. The van der Waals surface area contributed by atoms with Gasteiger partial charge < -0.3 is 9.88 Å².